The minimum atomic E-state index is -0.0346. The number of methoxy groups -OCH3 is 2. The molecule has 1 fully saturated rings. The minimum Gasteiger partial charge on any atom is -0.497 e. The van der Waals surface area contributed by atoms with Crippen molar-refractivity contribution in [3.8, 4) is 11.5 Å². The van der Waals surface area contributed by atoms with Gasteiger partial charge in [-0.2, -0.15) is 0 Å². The summed E-state index contributed by atoms with van der Waals surface area (Å²) < 4.78 is 10.5. The van der Waals surface area contributed by atoms with Gasteiger partial charge in [-0.25, -0.2) is 0 Å². The Bertz CT molecular complexity index is 693. The molecule has 0 radical (unpaired) electrons. The lowest BCUT2D eigenvalue weighted by molar-refractivity contribution is -0.133. The smallest absolute Gasteiger partial charge is 0.246 e. The highest BCUT2D eigenvalue weighted by Gasteiger charge is 2.22. The Morgan fingerprint density at radius 1 is 1.07 bits per heavy atom. The van der Waals surface area contributed by atoms with Gasteiger partial charge in [-0.1, -0.05) is 0 Å². The zero-order chi connectivity index (χ0) is 20.5. The highest BCUT2D eigenvalue weighted by Crippen LogP contribution is 2.25. The van der Waals surface area contributed by atoms with Crippen LogP contribution in [0.2, 0.25) is 0 Å². The Hall–Kier alpha value is -2.54. The van der Waals surface area contributed by atoms with E-state index in [1.807, 2.05) is 35.8 Å². The number of ether oxygens (including phenoxy) is 2. The van der Waals surface area contributed by atoms with E-state index in [1.54, 1.807) is 32.4 Å². The summed E-state index contributed by atoms with van der Waals surface area (Å²) in [5, 5.41) is 0. The first kappa shape index (κ1) is 21.8. The number of amides is 2. The van der Waals surface area contributed by atoms with Gasteiger partial charge in [-0.15, -0.1) is 0 Å². The van der Waals surface area contributed by atoms with Gasteiger partial charge in [0.25, 0.3) is 0 Å². The van der Waals surface area contributed by atoms with Gasteiger partial charge >= 0.3 is 0 Å². The van der Waals surface area contributed by atoms with Crippen molar-refractivity contribution in [2.45, 2.75) is 13.8 Å². The summed E-state index contributed by atoms with van der Waals surface area (Å²) in [6.45, 7) is 8.51. The van der Waals surface area contributed by atoms with E-state index in [4.69, 9.17) is 9.47 Å². The molecule has 0 aliphatic carbocycles. The average molecular weight is 389 g/mol. The lowest BCUT2D eigenvalue weighted by atomic mass is 10.1. The first-order valence-electron chi connectivity index (χ1n) is 9.71. The molecule has 2 rings (SSSR count). The Morgan fingerprint density at radius 2 is 1.75 bits per heavy atom. The molecule has 2 amide bonds. The van der Waals surface area contributed by atoms with E-state index in [-0.39, 0.29) is 11.8 Å². The topological polar surface area (TPSA) is 62.3 Å². The molecule has 7 nitrogen and oxygen atoms in total. The molecule has 0 atom stereocenters. The summed E-state index contributed by atoms with van der Waals surface area (Å²) in [5.74, 6) is 1.47. The lowest BCUT2D eigenvalue weighted by Gasteiger charge is -2.34. The fourth-order valence-electron chi connectivity index (χ4n) is 3.22. The van der Waals surface area contributed by atoms with Crippen LogP contribution >= 0.6 is 0 Å². The van der Waals surface area contributed by atoms with Gasteiger partial charge in [0.1, 0.15) is 11.5 Å². The molecule has 1 aliphatic rings. The maximum Gasteiger partial charge on any atom is 0.246 e. The van der Waals surface area contributed by atoms with Gasteiger partial charge < -0.3 is 19.3 Å². The predicted octanol–water partition coefficient (Wildman–Crippen LogP) is 1.73. The first-order valence-corrected chi connectivity index (χ1v) is 9.71. The molecule has 0 aromatic heterocycles. The molecule has 7 heteroatoms. The van der Waals surface area contributed by atoms with Gasteiger partial charge in [-0.3, -0.25) is 14.5 Å². The molecular weight excluding hydrogens is 358 g/mol. The van der Waals surface area contributed by atoms with Crippen molar-refractivity contribution in [1.29, 1.82) is 0 Å². The van der Waals surface area contributed by atoms with E-state index >= 15 is 0 Å². The quantitative estimate of drug-likeness (QED) is 0.634. The number of carbonyl (C=O) groups is 2. The Kier molecular flexibility index (Phi) is 8.32. The Labute approximate surface area is 167 Å². The standard InChI is InChI=1S/C21H31N3O4/c1-5-23(6-2)21(26)16-22-11-13-24(14-12-22)20(25)10-8-17-7-9-18(27-3)15-19(17)28-4/h7-10,15H,5-6,11-14,16H2,1-4H3/b10-8+. The second-order valence-electron chi connectivity index (χ2n) is 6.61. The monoisotopic (exact) mass is 389 g/mol. The lowest BCUT2D eigenvalue weighted by Crippen LogP contribution is -2.51. The predicted molar refractivity (Wildman–Crippen MR) is 110 cm³/mol. The number of carbonyl (C=O) groups excluding carboxylic acids is 2. The van der Waals surface area contributed by atoms with Gasteiger partial charge in [0.05, 0.1) is 20.8 Å². The van der Waals surface area contributed by atoms with Crippen molar-refractivity contribution in [3.05, 3.63) is 29.8 Å². The maximum atomic E-state index is 12.5. The third kappa shape index (κ3) is 5.73. The molecule has 1 aliphatic heterocycles. The normalized spacial score (nSPS) is 14.9. The van der Waals surface area contributed by atoms with Gasteiger partial charge in [0.2, 0.25) is 11.8 Å². The molecule has 0 unspecified atom stereocenters. The van der Waals surface area contributed by atoms with Crippen molar-refractivity contribution >= 4 is 17.9 Å². The molecule has 0 spiro atoms. The zero-order valence-corrected chi connectivity index (χ0v) is 17.3. The number of piperazine rings is 1. The van der Waals surface area contributed by atoms with E-state index in [0.717, 1.165) is 18.7 Å². The second kappa shape index (κ2) is 10.7. The van der Waals surface area contributed by atoms with Gasteiger partial charge in [0.15, 0.2) is 0 Å². The van der Waals surface area contributed by atoms with Crippen molar-refractivity contribution in [1.82, 2.24) is 14.7 Å². The molecule has 0 bridgehead atoms. The van der Waals surface area contributed by atoms with Crippen LogP contribution in [0.3, 0.4) is 0 Å². The summed E-state index contributed by atoms with van der Waals surface area (Å²) in [6, 6.07) is 5.48. The summed E-state index contributed by atoms with van der Waals surface area (Å²) in [7, 11) is 3.19. The molecule has 1 saturated heterocycles. The largest absolute Gasteiger partial charge is 0.497 e. The van der Waals surface area contributed by atoms with Crippen molar-refractivity contribution in [3.63, 3.8) is 0 Å². The summed E-state index contributed by atoms with van der Waals surface area (Å²) in [5.41, 5.74) is 0.820. The third-order valence-corrected chi connectivity index (χ3v) is 5.01. The number of likely N-dealkylation sites (N-methyl/N-ethyl adjacent to an activating group) is 1. The number of hydrogen-bond acceptors (Lipinski definition) is 5. The number of nitrogens with zero attached hydrogens (tertiary/aromatic N) is 3. The van der Waals surface area contributed by atoms with E-state index in [2.05, 4.69) is 4.90 Å². The molecule has 1 aromatic rings. The highest BCUT2D eigenvalue weighted by molar-refractivity contribution is 5.92. The minimum absolute atomic E-state index is 0.0346. The molecule has 0 saturated carbocycles. The molecule has 28 heavy (non-hydrogen) atoms. The Morgan fingerprint density at radius 3 is 2.32 bits per heavy atom. The van der Waals surface area contributed by atoms with Crippen LogP contribution in [-0.4, -0.2) is 86.5 Å². The van der Waals surface area contributed by atoms with E-state index in [1.165, 1.54) is 0 Å². The SMILES string of the molecule is CCN(CC)C(=O)CN1CCN(C(=O)/C=C/c2ccc(OC)cc2OC)CC1. The fraction of sp³-hybridized carbons (Fsp3) is 0.524. The van der Waals surface area contributed by atoms with Crippen LogP contribution in [0.5, 0.6) is 11.5 Å². The average Bonchev–Trinajstić information content (AvgIpc) is 2.73. The highest BCUT2D eigenvalue weighted by atomic mass is 16.5. The van der Waals surface area contributed by atoms with Crippen LogP contribution in [0.25, 0.3) is 6.08 Å². The molecule has 0 N–H and O–H groups in total. The van der Waals surface area contributed by atoms with Crippen LogP contribution in [0, 0.1) is 0 Å². The van der Waals surface area contributed by atoms with Crippen LogP contribution in [0.15, 0.2) is 24.3 Å². The van der Waals surface area contributed by atoms with Crippen LogP contribution in [-0.2, 0) is 9.59 Å². The van der Waals surface area contributed by atoms with Crippen LogP contribution in [0.4, 0.5) is 0 Å². The van der Waals surface area contributed by atoms with Crippen molar-refractivity contribution in [2.75, 3.05) is 60.0 Å². The molecule has 1 heterocycles. The fourth-order valence-corrected chi connectivity index (χ4v) is 3.22. The molecular formula is C21H31N3O4. The van der Waals surface area contributed by atoms with Crippen LogP contribution in [0.1, 0.15) is 19.4 Å². The maximum absolute atomic E-state index is 12.5. The summed E-state index contributed by atoms with van der Waals surface area (Å²) in [6.07, 6.45) is 3.33. The number of benzene rings is 1. The second-order valence-corrected chi connectivity index (χ2v) is 6.61. The van der Waals surface area contributed by atoms with E-state index in [0.29, 0.717) is 44.2 Å². The Balaban J connectivity index is 1.88. The number of rotatable bonds is 8. The molecule has 154 valence electrons. The first-order chi connectivity index (χ1) is 13.5. The van der Waals surface area contributed by atoms with E-state index in [9.17, 15) is 9.59 Å². The van der Waals surface area contributed by atoms with Gasteiger partial charge in [0, 0.05) is 57.0 Å². The van der Waals surface area contributed by atoms with Gasteiger partial charge in [-0.05, 0) is 32.1 Å². The van der Waals surface area contributed by atoms with Crippen LogP contribution < -0.4 is 9.47 Å². The molecule has 1 aromatic carbocycles. The van der Waals surface area contributed by atoms with Crippen molar-refractivity contribution in [2.24, 2.45) is 0 Å². The number of hydrogen-bond donors (Lipinski definition) is 0. The third-order valence-electron chi connectivity index (χ3n) is 5.01. The van der Waals surface area contributed by atoms with E-state index < -0.39 is 0 Å². The summed E-state index contributed by atoms with van der Waals surface area (Å²) >= 11 is 0. The summed E-state index contributed by atoms with van der Waals surface area (Å²) in [4.78, 5) is 30.5. The van der Waals surface area contributed by atoms with Crippen molar-refractivity contribution < 1.29 is 19.1 Å². The zero-order valence-electron chi connectivity index (χ0n) is 17.3.